The summed E-state index contributed by atoms with van der Waals surface area (Å²) in [6, 6.07) is 10.5. The molecule has 5 nitrogen and oxygen atoms in total. The van der Waals surface area contributed by atoms with E-state index in [0.717, 1.165) is 12.8 Å². The van der Waals surface area contributed by atoms with E-state index in [1.807, 2.05) is 18.7 Å². The molecule has 1 amide bonds. The van der Waals surface area contributed by atoms with Crippen LogP contribution in [-0.2, 0) is 10.0 Å². The Kier molecular flexibility index (Phi) is 5.74. The van der Waals surface area contributed by atoms with Crippen molar-refractivity contribution in [3.8, 4) is 0 Å². The molecule has 7 heteroatoms. The number of benzene rings is 1. The Morgan fingerprint density at radius 3 is 2.63 bits per heavy atom. The van der Waals surface area contributed by atoms with Crippen LogP contribution in [0.2, 0.25) is 0 Å². The summed E-state index contributed by atoms with van der Waals surface area (Å²) in [4.78, 5) is 17.6. The van der Waals surface area contributed by atoms with Crippen LogP contribution in [0, 0.1) is 6.92 Å². The first kappa shape index (κ1) is 20.0. The van der Waals surface area contributed by atoms with Crippen LogP contribution in [0.5, 0.6) is 0 Å². The maximum Gasteiger partial charge on any atom is 0.254 e. The van der Waals surface area contributed by atoms with Crippen molar-refractivity contribution in [2.75, 3.05) is 13.6 Å². The highest BCUT2D eigenvalue weighted by Crippen LogP contribution is 2.36. The van der Waals surface area contributed by atoms with Crippen molar-refractivity contribution in [3.63, 3.8) is 0 Å². The summed E-state index contributed by atoms with van der Waals surface area (Å²) in [5.74, 6) is -0.104. The number of rotatable bonds is 5. The van der Waals surface area contributed by atoms with Gasteiger partial charge in [0.1, 0.15) is 0 Å². The number of carbonyl (C=O) groups is 1. The lowest BCUT2D eigenvalue weighted by atomic mass is 10.1. The molecule has 1 atom stereocenters. The Morgan fingerprint density at radius 2 is 2.00 bits per heavy atom. The van der Waals surface area contributed by atoms with Crippen LogP contribution in [-0.4, -0.2) is 43.2 Å². The van der Waals surface area contributed by atoms with E-state index in [4.69, 9.17) is 0 Å². The molecule has 1 aliphatic rings. The molecule has 0 aliphatic carbocycles. The highest BCUT2D eigenvalue weighted by atomic mass is 32.2. The Labute approximate surface area is 165 Å². The predicted octanol–water partition coefficient (Wildman–Crippen LogP) is 4.06. The molecule has 1 aromatic carbocycles. The standard InChI is InChI=1S/C20H26N2O3S2/c1-14(2)21(4)27(24,25)17-8-5-7-16(13-17)20(23)22-12-6-9-18(22)19-11-10-15(3)26-19/h5,7-8,10-11,13-14,18H,6,9,12H2,1-4H3. The summed E-state index contributed by atoms with van der Waals surface area (Å²) >= 11 is 1.72. The van der Waals surface area contributed by atoms with Gasteiger partial charge in [-0.25, -0.2) is 8.42 Å². The molecule has 1 saturated heterocycles. The highest BCUT2D eigenvalue weighted by Gasteiger charge is 2.32. The molecule has 0 saturated carbocycles. The fourth-order valence-corrected chi connectivity index (χ4v) is 5.78. The van der Waals surface area contributed by atoms with Crippen LogP contribution in [0.1, 0.15) is 52.8 Å². The van der Waals surface area contributed by atoms with Gasteiger partial charge < -0.3 is 4.90 Å². The molecule has 0 radical (unpaired) electrons. The number of thiophene rings is 1. The number of aryl methyl sites for hydroxylation is 1. The van der Waals surface area contributed by atoms with Crippen molar-refractivity contribution in [1.29, 1.82) is 0 Å². The van der Waals surface area contributed by atoms with Gasteiger partial charge in [0.25, 0.3) is 5.91 Å². The van der Waals surface area contributed by atoms with Gasteiger partial charge in [0.05, 0.1) is 10.9 Å². The zero-order valence-electron chi connectivity index (χ0n) is 16.2. The molecule has 1 fully saturated rings. The number of hydrogen-bond acceptors (Lipinski definition) is 4. The monoisotopic (exact) mass is 406 g/mol. The lowest BCUT2D eigenvalue weighted by Gasteiger charge is -2.25. The van der Waals surface area contributed by atoms with Crippen LogP contribution in [0.25, 0.3) is 0 Å². The van der Waals surface area contributed by atoms with Gasteiger partial charge in [0, 0.05) is 35.0 Å². The number of sulfonamides is 1. The number of amides is 1. The van der Waals surface area contributed by atoms with Crippen molar-refractivity contribution in [2.24, 2.45) is 0 Å². The van der Waals surface area contributed by atoms with Gasteiger partial charge >= 0.3 is 0 Å². The molecule has 27 heavy (non-hydrogen) atoms. The second kappa shape index (κ2) is 7.73. The minimum Gasteiger partial charge on any atom is -0.331 e. The minimum atomic E-state index is -3.62. The maximum absolute atomic E-state index is 13.1. The summed E-state index contributed by atoms with van der Waals surface area (Å²) in [6.07, 6.45) is 1.90. The average molecular weight is 407 g/mol. The summed E-state index contributed by atoms with van der Waals surface area (Å²) in [5.41, 5.74) is 0.424. The lowest BCUT2D eigenvalue weighted by Crippen LogP contribution is -2.33. The third kappa shape index (κ3) is 3.95. The normalized spacial score (nSPS) is 17.9. The van der Waals surface area contributed by atoms with Crippen molar-refractivity contribution in [1.82, 2.24) is 9.21 Å². The molecule has 1 unspecified atom stereocenters. The van der Waals surface area contributed by atoms with Gasteiger partial charge in [-0.3, -0.25) is 4.79 Å². The summed E-state index contributed by atoms with van der Waals surface area (Å²) in [5, 5.41) is 0. The lowest BCUT2D eigenvalue weighted by molar-refractivity contribution is 0.0737. The van der Waals surface area contributed by atoms with E-state index >= 15 is 0 Å². The van der Waals surface area contributed by atoms with E-state index in [1.165, 1.54) is 20.1 Å². The quantitative estimate of drug-likeness (QED) is 0.752. The van der Waals surface area contributed by atoms with Gasteiger partial charge in [-0.15, -0.1) is 11.3 Å². The number of hydrogen-bond donors (Lipinski definition) is 0. The Balaban J connectivity index is 1.89. The van der Waals surface area contributed by atoms with E-state index in [0.29, 0.717) is 12.1 Å². The van der Waals surface area contributed by atoms with Crippen molar-refractivity contribution in [2.45, 2.75) is 50.6 Å². The minimum absolute atomic E-state index is 0.0785. The number of likely N-dealkylation sites (tertiary alicyclic amines) is 1. The number of carbonyl (C=O) groups excluding carboxylic acids is 1. The molecule has 2 heterocycles. The van der Waals surface area contributed by atoms with E-state index < -0.39 is 10.0 Å². The third-order valence-electron chi connectivity index (χ3n) is 5.09. The van der Waals surface area contributed by atoms with E-state index in [1.54, 1.807) is 36.6 Å². The van der Waals surface area contributed by atoms with Crippen LogP contribution < -0.4 is 0 Å². The van der Waals surface area contributed by atoms with Crippen molar-refractivity contribution < 1.29 is 13.2 Å². The molecule has 0 bridgehead atoms. The Morgan fingerprint density at radius 1 is 1.26 bits per heavy atom. The first-order valence-corrected chi connectivity index (χ1v) is 11.4. The van der Waals surface area contributed by atoms with Crippen LogP contribution in [0.4, 0.5) is 0 Å². The smallest absolute Gasteiger partial charge is 0.254 e. The Bertz CT molecular complexity index is 934. The molecule has 2 aromatic rings. The first-order chi connectivity index (χ1) is 12.7. The van der Waals surface area contributed by atoms with Crippen molar-refractivity contribution >= 4 is 27.3 Å². The predicted molar refractivity (Wildman–Crippen MR) is 109 cm³/mol. The van der Waals surface area contributed by atoms with Gasteiger partial charge in [0.15, 0.2) is 0 Å². The first-order valence-electron chi connectivity index (χ1n) is 9.17. The van der Waals surface area contributed by atoms with E-state index in [9.17, 15) is 13.2 Å². The molecule has 1 aliphatic heterocycles. The zero-order valence-corrected chi connectivity index (χ0v) is 17.8. The fourth-order valence-electron chi connectivity index (χ4n) is 3.34. The molecule has 0 N–H and O–H groups in total. The van der Waals surface area contributed by atoms with E-state index in [2.05, 4.69) is 19.1 Å². The molecule has 0 spiro atoms. The average Bonchev–Trinajstić information content (AvgIpc) is 3.29. The maximum atomic E-state index is 13.1. The number of nitrogens with zero attached hydrogens (tertiary/aromatic N) is 2. The highest BCUT2D eigenvalue weighted by molar-refractivity contribution is 7.89. The largest absolute Gasteiger partial charge is 0.331 e. The SMILES string of the molecule is Cc1ccc(C2CCCN2C(=O)c2cccc(S(=O)(=O)N(C)C(C)C)c2)s1. The molecular formula is C20H26N2O3S2. The molecule has 1 aromatic heterocycles. The summed E-state index contributed by atoms with van der Waals surface area (Å²) in [7, 11) is -2.06. The van der Waals surface area contributed by atoms with Crippen LogP contribution >= 0.6 is 11.3 Å². The van der Waals surface area contributed by atoms with Crippen LogP contribution in [0.3, 0.4) is 0 Å². The zero-order chi connectivity index (χ0) is 19.8. The van der Waals surface area contributed by atoms with E-state index in [-0.39, 0.29) is 22.9 Å². The fraction of sp³-hybridized carbons (Fsp3) is 0.450. The van der Waals surface area contributed by atoms with Gasteiger partial charge in [0.2, 0.25) is 10.0 Å². The molecular weight excluding hydrogens is 380 g/mol. The topological polar surface area (TPSA) is 57.7 Å². The summed E-state index contributed by atoms with van der Waals surface area (Å²) in [6.45, 7) is 6.41. The molecule has 3 rings (SSSR count). The van der Waals surface area contributed by atoms with Gasteiger partial charge in [-0.05, 0) is 63.9 Å². The van der Waals surface area contributed by atoms with Gasteiger partial charge in [-0.2, -0.15) is 4.31 Å². The van der Waals surface area contributed by atoms with Gasteiger partial charge in [-0.1, -0.05) is 6.07 Å². The second-order valence-electron chi connectivity index (χ2n) is 7.25. The summed E-state index contributed by atoms with van der Waals surface area (Å²) < 4.78 is 26.8. The second-order valence-corrected chi connectivity index (χ2v) is 10.6. The van der Waals surface area contributed by atoms with Crippen molar-refractivity contribution in [3.05, 3.63) is 51.7 Å². The Hall–Kier alpha value is -1.70. The third-order valence-corrected chi connectivity index (χ3v) is 8.22. The van der Waals surface area contributed by atoms with Crippen LogP contribution in [0.15, 0.2) is 41.3 Å². The molecule has 146 valence electrons.